The van der Waals surface area contributed by atoms with Crippen molar-refractivity contribution in [1.29, 1.82) is 0 Å². The minimum Gasteiger partial charge on any atom is -0.309 e. The zero-order chi connectivity index (χ0) is 13.9. The smallest absolute Gasteiger partial charge is 0.191 e. The molecule has 1 aromatic heterocycles. The van der Waals surface area contributed by atoms with Gasteiger partial charge in [0.15, 0.2) is 5.16 Å². The SMILES string of the molecule is Cc1ccc(CSc2nnc(C3CCCC3)n2C)cc1. The fraction of sp³-hybridized carbons (Fsp3) is 0.500. The van der Waals surface area contributed by atoms with Crippen LogP contribution in [0.4, 0.5) is 0 Å². The minimum atomic E-state index is 0.626. The number of hydrogen-bond acceptors (Lipinski definition) is 3. The summed E-state index contributed by atoms with van der Waals surface area (Å²) in [6, 6.07) is 8.71. The molecule has 1 aliphatic rings. The van der Waals surface area contributed by atoms with Gasteiger partial charge >= 0.3 is 0 Å². The topological polar surface area (TPSA) is 30.7 Å². The Balaban J connectivity index is 1.67. The highest BCUT2D eigenvalue weighted by Crippen LogP contribution is 2.34. The Morgan fingerprint density at radius 2 is 1.85 bits per heavy atom. The molecule has 4 heteroatoms. The number of aromatic nitrogens is 3. The van der Waals surface area contributed by atoms with Crippen molar-refractivity contribution in [3.8, 4) is 0 Å². The number of hydrogen-bond donors (Lipinski definition) is 0. The van der Waals surface area contributed by atoms with Crippen LogP contribution in [-0.4, -0.2) is 14.8 Å². The lowest BCUT2D eigenvalue weighted by Gasteiger charge is -2.08. The Morgan fingerprint density at radius 1 is 1.15 bits per heavy atom. The first kappa shape index (κ1) is 13.7. The van der Waals surface area contributed by atoms with E-state index in [9.17, 15) is 0 Å². The standard InChI is InChI=1S/C16H21N3S/c1-12-7-9-13(10-8-12)11-20-16-18-17-15(19(16)2)14-5-3-4-6-14/h7-10,14H,3-6,11H2,1-2H3. The maximum Gasteiger partial charge on any atom is 0.191 e. The Morgan fingerprint density at radius 3 is 2.55 bits per heavy atom. The van der Waals surface area contributed by atoms with Crippen LogP contribution < -0.4 is 0 Å². The molecule has 0 saturated heterocycles. The molecule has 0 amide bonds. The van der Waals surface area contributed by atoms with Gasteiger partial charge in [0.1, 0.15) is 5.82 Å². The second-order valence-corrected chi connectivity index (χ2v) is 6.60. The summed E-state index contributed by atoms with van der Waals surface area (Å²) in [7, 11) is 2.10. The molecule has 1 saturated carbocycles. The van der Waals surface area contributed by atoms with Gasteiger partial charge in [-0.3, -0.25) is 0 Å². The van der Waals surface area contributed by atoms with Gasteiger partial charge in [-0.15, -0.1) is 10.2 Å². The molecule has 0 atom stereocenters. The van der Waals surface area contributed by atoms with Gasteiger partial charge in [0.25, 0.3) is 0 Å². The van der Waals surface area contributed by atoms with Crippen molar-refractivity contribution in [2.45, 2.75) is 49.4 Å². The van der Waals surface area contributed by atoms with E-state index in [1.54, 1.807) is 11.8 Å². The molecule has 106 valence electrons. The molecule has 0 bridgehead atoms. The van der Waals surface area contributed by atoms with E-state index in [2.05, 4.69) is 53.0 Å². The van der Waals surface area contributed by atoms with Gasteiger partial charge in [-0.2, -0.15) is 0 Å². The summed E-state index contributed by atoms with van der Waals surface area (Å²) in [6.07, 6.45) is 5.22. The average Bonchev–Trinajstić information content (AvgIpc) is 3.08. The van der Waals surface area contributed by atoms with Crippen LogP contribution in [0.1, 0.15) is 48.6 Å². The largest absolute Gasteiger partial charge is 0.309 e. The van der Waals surface area contributed by atoms with E-state index >= 15 is 0 Å². The molecular weight excluding hydrogens is 266 g/mol. The quantitative estimate of drug-likeness (QED) is 0.794. The number of thioether (sulfide) groups is 1. The molecule has 0 aliphatic heterocycles. The van der Waals surface area contributed by atoms with Crippen LogP contribution in [0, 0.1) is 6.92 Å². The fourth-order valence-corrected chi connectivity index (χ4v) is 3.70. The number of benzene rings is 1. The molecule has 0 unspecified atom stereocenters. The molecule has 20 heavy (non-hydrogen) atoms. The van der Waals surface area contributed by atoms with Crippen molar-refractivity contribution >= 4 is 11.8 Å². The average molecular weight is 287 g/mol. The first-order valence-electron chi connectivity index (χ1n) is 7.31. The van der Waals surface area contributed by atoms with Gasteiger partial charge in [0.05, 0.1) is 0 Å². The first-order valence-corrected chi connectivity index (χ1v) is 8.30. The van der Waals surface area contributed by atoms with E-state index in [4.69, 9.17) is 0 Å². The normalized spacial score (nSPS) is 15.9. The third kappa shape index (κ3) is 2.90. The summed E-state index contributed by atoms with van der Waals surface area (Å²) in [5, 5.41) is 9.82. The molecule has 0 spiro atoms. The van der Waals surface area contributed by atoms with E-state index < -0.39 is 0 Å². The summed E-state index contributed by atoms with van der Waals surface area (Å²) in [4.78, 5) is 0. The van der Waals surface area contributed by atoms with Gasteiger partial charge < -0.3 is 4.57 Å². The van der Waals surface area contributed by atoms with Crippen LogP contribution in [0.2, 0.25) is 0 Å². The molecular formula is C16H21N3S. The van der Waals surface area contributed by atoms with Crippen LogP contribution in [-0.2, 0) is 12.8 Å². The maximum absolute atomic E-state index is 4.42. The van der Waals surface area contributed by atoms with Crippen LogP contribution in [0.15, 0.2) is 29.4 Å². The van der Waals surface area contributed by atoms with Gasteiger partial charge in [0, 0.05) is 18.7 Å². The predicted octanol–water partition coefficient (Wildman–Crippen LogP) is 4.07. The van der Waals surface area contributed by atoms with Crippen molar-refractivity contribution in [2.75, 3.05) is 0 Å². The van der Waals surface area contributed by atoms with Crippen LogP contribution in [0.5, 0.6) is 0 Å². The summed E-state index contributed by atoms with van der Waals surface area (Å²) < 4.78 is 2.19. The lowest BCUT2D eigenvalue weighted by Crippen LogP contribution is -2.03. The molecule has 1 aliphatic carbocycles. The second-order valence-electron chi connectivity index (χ2n) is 5.66. The maximum atomic E-state index is 4.42. The molecule has 3 nitrogen and oxygen atoms in total. The number of nitrogens with zero attached hydrogens (tertiary/aromatic N) is 3. The lowest BCUT2D eigenvalue weighted by molar-refractivity contribution is 0.616. The van der Waals surface area contributed by atoms with Gasteiger partial charge in [-0.05, 0) is 25.3 Å². The van der Waals surface area contributed by atoms with Crippen LogP contribution >= 0.6 is 11.8 Å². The second kappa shape index (κ2) is 6.00. The van der Waals surface area contributed by atoms with Crippen molar-refractivity contribution in [3.63, 3.8) is 0 Å². The van der Waals surface area contributed by atoms with Crippen molar-refractivity contribution in [1.82, 2.24) is 14.8 Å². The first-order chi connectivity index (χ1) is 9.74. The van der Waals surface area contributed by atoms with E-state index in [1.165, 1.54) is 42.6 Å². The van der Waals surface area contributed by atoms with Crippen LogP contribution in [0.25, 0.3) is 0 Å². The van der Waals surface area contributed by atoms with Crippen LogP contribution in [0.3, 0.4) is 0 Å². The van der Waals surface area contributed by atoms with Crippen molar-refractivity contribution in [3.05, 3.63) is 41.2 Å². The van der Waals surface area contributed by atoms with Crippen molar-refractivity contribution in [2.24, 2.45) is 7.05 Å². The summed E-state index contributed by atoms with van der Waals surface area (Å²) in [6.45, 7) is 2.12. The number of aryl methyl sites for hydroxylation is 1. The summed E-state index contributed by atoms with van der Waals surface area (Å²) in [5.41, 5.74) is 2.65. The Hall–Kier alpha value is -1.29. The van der Waals surface area contributed by atoms with Gasteiger partial charge in [-0.1, -0.05) is 54.4 Å². The molecule has 3 rings (SSSR count). The number of rotatable bonds is 4. The Kier molecular flexibility index (Phi) is 4.10. The van der Waals surface area contributed by atoms with Gasteiger partial charge in [0.2, 0.25) is 0 Å². The molecule has 0 radical (unpaired) electrons. The third-order valence-corrected chi connectivity index (χ3v) is 5.17. The highest BCUT2D eigenvalue weighted by Gasteiger charge is 2.23. The highest BCUT2D eigenvalue weighted by atomic mass is 32.2. The molecule has 1 aromatic carbocycles. The summed E-state index contributed by atoms with van der Waals surface area (Å²) >= 11 is 1.77. The van der Waals surface area contributed by atoms with E-state index in [-0.39, 0.29) is 0 Å². The monoisotopic (exact) mass is 287 g/mol. The zero-order valence-electron chi connectivity index (χ0n) is 12.2. The molecule has 2 aromatic rings. The van der Waals surface area contributed by atoms with Crippen molar-refractivity contribution < 1.29 is 0 Å². The lowest BCUT2D eigenvalue weighted by atomic mass is 10.1. The molecule has 1 heterocycles. The highest BCUT2D eigenvalue weighted by molar-refractivity contribution is 7.98. The van der Waals surface area contributed by atoms with Gasteiger partial charge in [-0.25, -0.2) is 0 Å². The predicted molar refractivity (Wildman–Crippen MR) is 83.0 cm³/mol. The third-order valence-electron chi connectivity index (χ3n) is 4.08. The zero-order valence-corrected chi connectivity index (χ0v) is 13.0. The Bertz CT molecular complexity index is 568. The van der Waals surface area contributed by atoms with E-state index in [1.807, 2.05) is 0 Å². The van der Waals surface area contributed by atoms with E-state index in [0.717, 1.165) is 10.9 Å². The molecule has 1 fully saturated rings. The Labute approximate surface area is 124 Å². The minimum absolute atomic E-state index is 0.626. The van der Waals surface area contributed by atoms with E-state index in [0.29, 0.717) is 5.92 Å². The fourth-order valence-electron chi connectivity index (χ4n) is 2.82. The summed E-state index contributed by atoms with van der Waals surface area (Å²) in [5.74, 6) is 2.76. The molecule has 0 N–H and O–H groups in total.